The Morgan fingerprint density at radius 3 is 1.79 bits per heavy atom. The van der Waals surface area contributed by atoms with E-state index in [4.69, 9.17) is 0 Å². The number of likely N-dealkylation sites (N-methyl/N-ethyl adjacent to an activating group) is 1. The Morgan fingerprint density at radius 2 is 1.37 bits per heavy atom. The van der Waals surface area contributed by atoms with Gasteiger partial charge in [-0.3, -0.25) is 0 Å². The number of rotatable bonds is 11. The first kappa shape index (κ1) is 18.4. The second kappa shape index (κ2) is 8.57. The second-order valence-electron chi connectivity index (χ2n) is 6.73. The molecule has 0 aliphatic carbocycles. The Kier molecular flexibility index (Phi) is 8.31. The molecule has 0 bridgehead atoms. The van der Waals surface area contributed by atoms with E-state index >= 15 is 0 Å². The first-order valence-electron chi connectivity index (χ1n) is 7.80. The van der Waals surface area contributed by atoms with Crippen LogP contribution in [-0.4, -0.2) is 36.6 Å². The summed E-state index contributed by atoms with van der Waals surface area (Å²) in [5, 5.41) is 11.2. The molecule has 0 aromatic rings. The summed E-state index contributed by atoms with van der Waals surface area (Å²) >= 11 is 0. The van der Waals surface area contributed by atoms with Crippen molar-refractivity contribution >= 4 is 5.97 Å². The lowest BCUT2D eigenvalue weighted by Crippen LogP contribution is -2.64. The van der Waals surface area contributed by atoms with E-state index in [-0.39, 0.29) is 0 Å². The van der Waals surface area contributed by atoms with E-state index in [1.165, 1.54) is 44.9 Å². The van der Waals surface area contributed by atoms with Gasteiger partial charge in [-0.2, -0.15) is 0 Å². The molecule has 0 atom stereocenters. The number of carboxylic acids is 1. The number of carboxylic acid groups (broad SMARTS) is 1. The van der Waals surface area contributed by atoms with Gasteiger partial charge in [0.2, 0.25) is 0 Å². The van der Waals surface area contributed by atoms with Crippen molar-refractivity contribution in [2.75, 3.05) is 20.6 Å². The molecule has 0 aliphatic rings. The smallest absolute Gasteiger partial charge is 0.133 e. The molecule has 19 heavy (non-hydrogen) atoms. The maximum atomic E-state index is 11.2. The molecule has 0 radical (unpaired) electrons. The minimum absolute atomic E-state index is 0.491. The quantitative estimate of drug-likeness (QED) is 0.428. The number of carbonyl (C=O) groups excluding carboxylic acids is 1. The van der Waals surface area contributed by atoms with E-state index in [2.05, 4.69) is 6.92 Å². The number of quaternary nitrogens is 1. The molecule has 0 fully saturated rings. The fourth-order valence-electron chi connectivity index (χ4n) is 2.17. The summed E-state index contributed by atoms with van der Waals surface area (Å²) in [6.07, 6.45) is 10.2. The SMILES string of the molecule is CCCCCCCCCC[N+](C)(C)C(C)(C)C(=O)[O-]. The maximum absolute atomic E-state index is 11.2. The van der Waals surface area contributed by atoms with Crippen LogP contribution < -0.4 is 5.11 Å². The van der Waals surface area contributed by atoms with Gasteiger partial charge in [0.15, 0.2) is 0 Å². The largest absolute Gasteiger partial charge is 0.544 e. The number of carbonyl (C=O) groups is 1. The van der Waals surface area contributed by atoms with Gasteiger partial charge in [0.25, 0.3) is 0 Å². The lowest BCUT2D eigenvalue weighted by molar-refractivity contribution is -0.930. The van der Waals surface area contributed by atoms with Gasteiger partial charge < -0.3 is 14.4 Å². The van der Waals surface area contributed by atoms with Crippen LogP contribution >= 0.6 is 0 Å². The molecule has 0 rings (SSSR count). The maximum Gasteiger partial charge on any atom is 0.133 e. The van der Waals surface area contributed by atoms with E-state index in [9.17, 15) is 9.90 Å². The first-order chi connectivity index (χ1) is 8.75. The molecule has 114 valence electrons. The average molecular weight is 271 g/mol. The lowest BCUT2D eigenvalue weighted by Gasteiger charge is -2.45. The highest BCUT2D eigenvalue weighted by atomic mass is 16.4. The van der Waals surface area contributed by atoms with Crippen LogP contribution in [0.25, 0.3) is 0 Å². The normalized spacial score (nSPS) is 12.7. The molecule has 0 spiro atoms. The zero-order valence-corrected chi connectivity index (χ0v) is 13.6. The highest BCUT2D eigenvalue weighted by Crippen LogP contribution is 2.21. The summed E-state index contributed by atoms with van der Waals surface area (Å²) in [6, 6.07) is 0. The van der Waals surface area contributed by atoms with Crippen molar-refractivity contribution in [2.45, 2.75) is 77.7 Å². The van der Waals surface area contributed by atoms with Crippen LogP contribution in [0.5, 0.6) is 0 Å². The van der Waals surface area contributed by atoms with E-state index in [1.807, 2.05) is 14.1 Å². The fraction of sp³-hybridized carbons (Fsp3) is 0.938. The van der Waals surface area contributed by atoms with Crippen molar-refractivity contribution in [1.82, 2.24) is 0 Å². The van der Waals surface area contributed by atoms with Crippen molar-refractivity contribution in [3.05, 3.63) is 0 Å². The van der Waals surface area contributed by atoms with Crippen molar-refractivity contribution in [3.8, 4) is 0 Å². The molecular weight excluding hydrogens is 238 g/mol. The molecule has 0 aromatic heterocycles. The Labute approximate surface area is 119 Å². The third-order valence-corrected chi connectivity index (χ3v) is 4.58. The molecule has 0 aromatic carbocycles. The number of unbranched alkanes of at least 4 members (excludes halogenated alkanes) is 7. The highest BCUT2D eigenvalue weighted by molar-refractivity contribution is 5.73. The molecule has 0 aliphatic heterocycles. The molecular formula is C16H33NO2. The summed E-state index contributed by atoms with van der Waals surface area (Å²) in [7, 11) is 3.97. The van der Waals surface area contributed by atoms with E-state index in [0.29, 0.717) is 4.48 Å². The van der Waals surface area contributed by atoms with E-state index in [0.717, 1.165) is 13.0 Å². The fourth-order valence-corrected chi connectivity index (χ4v) is 2.17. The number of hydrogen-bond donors (Lipinski definition) is 0. The molecule has 3 nitrogen and oxygen atoms in total. The Hall–Kier alpha value is -0.570. The molecule has 3 heteroatoms. The molecule has 0 heterocycles. The van der Waals surface area contributed by atoms with Crippen LogP contribution in [0.3, 0.4) is 0 Å². The minimum Gasteiger partial charge on any atom is -0.544 e. The zero-order valence-electron chi connectivity index (χ0n) is 13.6. The van der Waals surface area contributed by atoms with Gasteiger partial charge in [-0.05, 0) is 26.7 Å². The average Bonchev–Trinajstić information content (AvgIpc) is 2.32. The summed E-state index contributed by atoms with van der Waals surface area (Å²) in [5.74, 6) is -0.961. The van der Waals surface area contributed by atoms with Crippen molar-refractivity contribution in [1.29, 1.82) is 0 Å². The van der Waals surface area contributed by atoms with E-state index in [1.54, 1.807) is 13.8 Å². The number of aliphatic carboxylic acids is 1. The van der Waals surface area contributed by atoms with Gasteiger partial charge in [-0.15, -0.1) is 0 Å². The lowest BCUT2D eigenvalue weighted by atomic mass is 9.99. The Morgan fingerprint density at radius 1 is 0.947 bits per heavy atom. The Bertz CT molecular complexity index is 259. The Balaban J connectivity index is 3.79. The van der Waals surface area contributed by atoms with Crippen LogP contribution in [-0.2, 0) is 4.79 Å². The summed E-state index contributed by atoms with van der Waals surface area (Å²) in [6.45, 7) is 6.65. The van der Waals surface area contributed by atoms with Crippen LogP contribution in [0.15, 0.2) is 0 Å². The highest BCUT2D eigenvalue weighted by Gasteiger charge is 2.37. The van der Waals surface area contributed by atoms with Gasteiger partial charge in [0, 0.05) is 0 Å². The third-order valence-electron chi connectivity index (χ3n) is 4.58. The van der Waals surface area contributed by atoms with Gasteiger partial charge in [0.1, 0.15) is 11.5 Å². The van der Waals surface area contributed by atoms with Crippen LogP contribution in [0, 0.1) is 0 Å². The van der Waals surface area contributed by atoms with Gasteiger partial charge >= 0.3 is 0 Å². The monoisotopic (exact) mass is 271 g/mol. The van der Waals surface area contributed by atoms with Crippen LogP contribution in [0.2, 0.25) is 0 Å². The van der Waals surface area contributed by atoms with E-state index < -0.39 is 11.5 Å². The predicted molar refractivity (Wildman–Crippen MR) is 78.7 cm³/mol. The summed E-state index contributed by atoms with van der Waals surface area (Å²) in [4.78, 5) is 11.2. The first-order valence-corrected chi connectivity index (χ1v) is 7.80. The number of nitrogens with zero attached hydrogens (tertiary/aromatic N) is 1. The molecule has 0 amide bonds. The van der Waals surface area contributed by atoms with Gasteiger partial charge in [-0.25, -0.2) is 0 Å². The van der Waals surface area contributed by atoms with Crippen molar-refractivity contribution in [2.24, 2.45) is 0 Å². The van der Waals surface area contributed by atoms with Crippen molar-refractivity contribution in [3.63, 3.8) is 0 Å². The van der Waals surface area contributed by atoms with Crippen molar-refractivity contribution < 1.29 is 14.4 Å². The minimum atomic E-state index is -0.961. The number of hydrogen-bond acceptors (Lipinski definition) is 2. The predicted octanol–water partition coefficient (Wildman–Crippen LogP) is 2.73. The van der Waals surface area contributed by atoms with Gasteiger partial charge in [0.05, 0.1) is 20.6 Å². The molecule has 0 saturated heterocycles. The van der Waals surface area contributed by atoms with Crippen LogP contribution in [0.1, 0.15) is 72.1 Å². The summed E-state index contributed by atoms with van der Waals surface area (Å²) < 4.78 is 0.491. The third kappa shape index (κ3) is 6.42. The second-order valence-corrected chi connectivity index (χ2v) is 6.73. The standard InChI is InChI=1S/C16H33NO2/c1-6-7-8-9-10-11-12-13-14-17(4,5)16(2,3)15(18)19/h6-14H2,1-5H3. The molecule has 0 unspecified atom stereocenters. The molecule has 0 N–H and O–H groups in total. The topological polar surface area (TPSA) is 40.1 Å². The van der Waals surface area contributed by atoms with Crippen LogP contribution in [0.4, 0.5) is 0 Å². The molecule has 0 saturated carbocycles. The van der Waals surface area contributed by atoms with Gasteiger partial charge in [-0.1, -0.05) is 45.4 Å². The zero-order chi connectivity index (χ0) is 14.9. The summed E-state index contributed by atoms with van der Waals surface area (Å²) in [5.41, 5.74) is -0.818.